The van der Waals surface area contributed by atoms with Gasteiger partial charge in [-0.05, 0) is 0 Å². The van der Waals surface area contributed by atoms with Crippen molar-refractivity contribution in [3.8, 4) is 24.3 Å². The molecule has 0 spiro atoms. The summed E-state index contributed by atoms with van der Waals surface area (Å²) in [6.07, 6.45) is 6.91. The van der Waals surface area contributed by atoms with Crippen LogP contribution in [0.5, 0.6) is 5.88 Å². The maximum absolute atomic E-state index is 8.53. The molecule has 0 aliphatic rings. The van der Waals surface area contributed by atoms with Gasteiger partial charge < -0.3 is 4.74 Å². The van der Waals surface area contributed by atoms with Gasteiger partial charge in [-0.1, -0.05) is 0 Å². The molecule has 0 aliphatic heterocycles. The van der Waals surface area contributed by atoms with Crippen molar-refractivity contribution in [3.63, 3.8) is 0 Å². The minimum atomic E-state index is 0.328. The molecule has 0 atom stereocenters. The average Bonchev–Trinajstić information content (AvgIpc) is 2.19. The second kappa shape index (κ2) is 4.74. The van der Waals surface area contributed by atoms with Crippen LogP contribution in [0.25, 0.3) is 0 Å². The fourth-order valence-corrected chi connectivity index (χ4v) is 0.693. The summed E-state index contributed by atoms with van der Waals surface area (Å²) in [5.41, 5.74) is 0.422. The van der Waals surface area contributed by atoms with Crippen molar-refractivity contribution < 1.29 is 4.74 Å². The van der Waals surface area contributed by atoms with Crippen LogP contribution in [0.15, 0.2) is 12.3 Å². The average molecular weight is 173 g/mol. The SMILES string of the molecule is C#CCCOc1cc(C#N)cnn1. The van der Waals surface area contributed by atoms with Crippen LogP contribution >= 0.6 is 0 Å². The Morgan fingerprint density at radius 2 is 2.46 bits per heavy atom. The molecule has 4 heteroatoms. The number of terminal acetylenes is 1. The molecule has 4 nitrogen and oxygen atoms in total. The highest BCUT2D eigenvalue weighted by Gasteiger charge is 1.97. The van der Waals surface area contributed by atoms with Gasteiger partial charge in [0, 0.05) is 12.5 Å². The fourth-order valence-electron chi connectivity index (χ4n) is 0.693. The van der Waals surface area contributed by atoms with E-state index in [4.69, 9.17) is 16.4 Å². The topological polar surface area (TPSA) is 58.8 Å². The zero-order chi connectivity index (χ0) is 9.52. The van der Waals surface area contributed by atoms with Crippen molar-refractivity contribution in [2.45, 2.75) is 6.42 Å². The van der Waals surface area contributed by atoms with Gasteiger partial charge >= 0.3 is 0 Å². The second-order valence-corrected chi connectivity index (χ2v) is 2.20. The number of hydrogen-bond acceptors (Lipinski definition) is 4. The largest absolute Gasteiger partial charge is 0.476 e. The highest BCUT2D eigenvalue weighted by molar-refractivity contribution is 5.28. The second-order valence-electron chi connectivity index (χ2n) is 2.20. The molecule has 0 amide bonds. The van der Waals surface area contributed by atoms with Gasteiger partial charge in [-0.15, -0.1) is 17.4 Å². The van der Waals surface area contributed by atoms with Gasteiger partial charge in [0.05, 0.1) is 11.8 Å². The van der Waals surface area contributed by atoms with E-state index in [1.807, 2.05) is 6.07 Å². The number of nitriles is 1. The fraction of sp³-hybridized carbons (Fsp3) is 0.222. The van der Waals surface area contributed by atoms with Crippen LogP contribution in [-0.4, -0.2) is 16.8 Å². The van der Waals surface area contributed by atoms with E-state index in [-0.39, 0.29) is 0 Å². The molecule has 1 aromatic rings. The Morgan fingerprint density at radius 3 is 3.15 bits per heavy atom. The Hall–Kier alpha value is -2.07. The van der Waals surface area contributed by atoms with Crippen molar-refractivity contribution in [2.75, 3.05) is 6.61 Å². The molecule has 0 fully saturated rings. The van der Waals surface area contributed by atoms with Gasteiger partial charge in [-0.3, -0.25) is 0 Å². The first-order valence-electron chi connectivity index (χ1n) is 3.66. The standard InChI is InChI=1S/C9H7N3O/c1-2-3-4-13-9-5-8(6-10)7-11-12-9/h1,5,7H,3-4H2. The van der Waals surface area contributed by atoms with Crippen LogP contribution in [0.3, 0.4) is 0 Å². The maximum atomic E-state index is 8.53. The zero-order valence-electron chi connectivity index (χ0n) is 6.90. The summed E-state index contributed by atoms with van der Waals surface area (Å²) in [7, 11) is 0. The molecule has 1 aromatic heterocycles. The molecule has 1 rings (SSSR count). The third-order valence-corrected chi connectivity index (χ3v) is 1.26. The zero-order valence-corrected chi connectivity index (χ0v) is 6.90. The molecule has 0 aliphatic carbocycles. The van der Waals surface area contributed by atoms with Crippen LogP contribution < -0.4 is 4.74 Å². The first-order chi connectivity index (χ1) is 6.36. The quantitative estimate of drug-likeness (QED) is 0.500. The molecule has 0 radical (unpaired) electrons. The highest BCUT2D eigenvalue weighted by atomic mass is 16.5. The lowest BCUT2D eigenvalue weighted by atomic mass is 10.3. The third-order valence-electron chi connectivity index (χ3n) is 1.26. The van der Waals surface area contributed by atoms with Gasteiger partial charge in [0.2, 0.25) is 5.88 Å². The van der Waals surface area contributed by atoms with Crippen LogP contribution in [0.1, 0.15) is 12.0 Å². The van der Waals surface area contributed by atoms with Gasteiger partial charge in [0.15, 0.2) is 0 Å². The summed E-state index contributed by atoms with van der Waals surface area (Å²) < 4.78 is 5.12. The number of aromatic nitrogens is 2. The van der Waals surface area contributed by atoms with Crippen molar-refractivity contribution in [1.29, 1.82) is 5.26 Å². The first kappa shape index (κ1) is 9.02. The Balaban J connectivity index is 2.59. The molecular formula is C9H7N3O. The molecule has 13 heavy (non-hydrogen) atoms. The Bertz CT molecular complexity index is 362. The van der Waals surface area contributed by atoms with E-state index in [9.17, 15) is 0 Å². The Labute approximate surface area is 76.2 Å². The highest BCUT2D eigenvalue weighted by Crippen LogP contribution is 2.06. The normalized spacial score (nSPS) is 8.46. The lowest BCUT2D eigenvalue weighted by Crippen LogP contribution is -1.99. The lowest BCUT2D eigenvalue weighted by Gasteiger charge is -2.00. The van der Waals surface area contributed by atoms with E-state index < -0.39 is 0 Å². The molecule has 0 aromatic carbocycles. The molecule has 0 N–H and O–H groups in total. The maximum Gasteiger partial charge on any atom is 0.234 e. The van der Waals surface area contributed by atoms with E-state index in [0.717, 1.165) is 0 Å². The van der Waals surface area contributed by atoms with Gasteiger partial charge in [-0.2, -0.15) is 10.4 Å². The van der Waals surface area contributed by atoms with E-state index in [2.05, 4.69) is 16.1 Å². The Kier molecular flexibility index (Phi) is 3.29. The van der Waals surface area contributed by atoms with Crippen LogP contribution in [-0.2, 0) is 0 Å². The number of nitrogens with zero attached hydrogens (tertiary/aromatic N) is 3. The van der Waals surface area contributed by atoms with Crippen molar-refractivity contribution in [1.82, 2.24) is 10.2 Å². The number of rotatable bonds is 3. The van der Waals surface area contributed by atoms with Crippen molar-refractivity contribution in [3.05, 3.63) is 17.8 Å². The molecule has 1 heterocycles. The van der Waals surface area contributed by atoms with Gasteiger partial charge in [0.1, 0.15) is 12.7 Å². The summed E-state index contributed by atoms with van der Waals surface area (Å²) in [6, 6.07) is 3.45. The van der Waals surface area contributed by atoms with E-state index in [1.165, 1.54) is 12.3 Å². The predicted molar refractivity (Wildman–Crippen MR) is 45.7 cm³/mol. The van der Waals surface area contributed by atoms with Crippen LogP contribution in [0, 0.1) is 23.7 Å². The molecule has 64 valence electrons. The van der Waals surface area contributed by atoms with Gasteiger partial charge in [-0.25, -0.2) is 0 Å². The minimum absolute atomic E-state index is 0.328. The predicted octanol–water partition coefficient (Wildman–Crippen LogP) is 0.750. The van der Waals surface area contributed by atoms with Crippen molar-refractivity contribution in [2.24, 2.45) is 0 Å². The summed E-state index contributed by atoms with van der Waals surface area (Å²) in [6.45, 7) is 0.389. The number of hydrogen-bond donors (Lipinski definition) is 0. The summed E-state index contributed by atoms with van der Waals surface area (Å²) in [5.74, 6) is 2.76. The van der Waals surface area contributed by atoms with Crippen LogP contribution in [0.2, 0.25) is 0 Å². The van der Waals surface area contributed by atoms with E-state index in [1.54, 1.807) is 0 Å². The van der Waals surface area contributed by atoms with Crippen LogP contribution in [0.4, 0.5) is 0 Å². The Morgan fingerprint density at radius 1 is 1.62 bits per heavy atom. The molecule has 0 unspecified atom stereocenters. The smallest absolute Gasteiger partial charge is 0.234 e. The van der Waals surface area contributed by atoms with E-state index >= 15 is 0 Å². The number of ether oxygens (including phenoxy) is 1. The molecular weight excluding hydrogens is 166 g/mol. The summed E-state index contributed by atoms with van der Waals surface area (Å²) >= 11 is 0. The lowest BCUT2D eigenvalue weighted by molar-refractivity contribution is 0.310. The molecule has 0 saturated carbocycles. The van der Waals surface area contributed by atoms with E-state index in [0.29, 0.717) is 24.5 Å². The summed E-state index contributed by atoms with van der Waals surface area (Å²) in [4.78, 5) is 0. The third kappa shape index (κ3) is 2.80. The molecule has 0 saturated heterocycles. The first-order valence-corrected chi connectivity index (χ1v) is 3.66. The van der Waals surface area contributed by atoms with Crippen molar-refractivity contribution >= 4 is 0 Å². The summed E-state index contributed by atoms with van der Waals surface area (Å²) in [5, 5.41) is 15.8. The molecule has 0 bridgehead atoms. The van der Waals surface area contributed by atoms with Gasteiger partial charge in [0.25, 0.3) is 0 Å². The minimum Gasteiger partial charge on any atom is -0.476 e. The monoisotopic (exact) mass is 173 g/mol.